The van der Waals surface area contributed by atoms with E-state index in [2.05, 4.69) is 0 Å². The van der Waals surface area contributed by atoms with Crippen molar-refractivity contribution in [3.8, 4) is 0 Å². The van der Waals surface area contributed by atoms with E-state index in [0.717, 1.165) is 0 Å². The van der Waals surface area contributed by atoms with Gasteiger partial charge in [0.15, 0.2) is 0 Å². The van der Waals surface area contributed by atoms with Gasteiger partial charge in [0.2, 0.25) is 0 Å². The van der Waals surface area contributed by atoms with Crippen molar-refractivity contribution in [1.29, 1.82) is 0 Å². The minimum Gasteiger partial charge on any atom is -0.480 e. The lowest BCUT2D eigenvalue weighted by Gasteiger charge is -2.19. The number of ether oxygens (including phenoxy) is 1. The molecule has 1 N–H and O–H groups in total. The minimum atomic E-state index is -2.79. The standard InChI is InChI=1S/C10H17F2NO3/c1-7(2)13-3-8(10(11,12)6-13)4-16-5-9(14)15/h7-8H,3-6H2,1-2H3,(H,14,15). The molecule has 16 heavy (non-hydrogen) atoms. The average Bonchev–Trinajstić information content (AvgIpc) is 2.41. The smallest absolute Gasteiger partial charge is 0.329 e. The van der Waals surface area contributed by atoms with Gasteiger partial charge in [0.25, 0.3) is 5.92 Å². The van der Waals surface area contributed by atoms with Gasteiger partial charge in [-0.25, -0.2) is 13.6 Å². The topological polar surface area (TPSA) is 49.8 Å². The number of halogens is 2. The average molecular weight is 237 g/mol. The van der Waals surface area contributed by atoms with Crippen molar-refractivity contribution >= 4 is 5.97 Å². The molecule has 1 fully saturated rings. The Labute approximate surface area is 93.2 Å². The Balaban J connectivity index is 2.44. The number of carbonyl (C=O) groups is 1. The van der Waals surface area contributed by atoms with Gasteiger partial charge in [-0.05, 0) is 13.8 Å². The van der Waals surface area contributed by atoms with Crippen LogP contribution in [0.2, 0.25) is 0 Å². The lowest BCUT2D eigenvalue weighted by Crippen LogP contribution is -2.32. The third-order valence-corrected chi connectivity index (χ3v) is 2.74. The Kier molecular flexibility index (Phi) is 4.21. The van der Waals surface area contributed by atoms with Gasteiger partial charge in [0, 0.05) is 12.6 Å². The number of nitrogens with zero attached hydrogens (tertiary/aromatic N) is 1. The van der Waals surface area contributed by atoms with E-state index in [1.54, 1.807) is 4.90 Å². The summed E-state index contributed by atoms with van der Waals surface area (Å²) < 4.78 is 31.7. The van der Waals surface area contributed by atoms with Gasteiger partial charge in [-0.1, -0.05) is 0 Å². The molecule has 1 rings (SSSR count). The van der Waals surface area contributed by atoms with Crippen molar-refractivity contribution in [2.75, 3.05) is 26.3 Å². The zero-order valence-corrected chi connectivity index (χ0v) is 9.45. The third kappa shape index (κ3) is 3.38. The number of hydrogen-bond donors (Lipinski definition) is 1. The van der Waals surface area contributed by atoms with Crippen molar-refractivity contribution in [3.63, 3.8) is 0 Å². The second-order valence-corrected chi connectivity index (χ2v) is 4.39. The fourth-order valence-electron chi connectivity index (χ4n) is 1.74. The summed E-state index contributed by atoms with van der Waals surface area (Å²) in [5.41, 5.74) is 0. The molecule has 1 aliphatic rings. The number of carboxylic acid groups (broad SMARTS) is 1. The van der Waals surface area contributed by atoms with Crippen LogP contribution >= 0.6 is 0 Å². The summed E-state index contributed by atoms with van der Waals surface area (Å²) in [5.74, 6) is -4.83. The normalized spacial score (nSPS) is 25.2. The molecule has 0 aromatic heterocycles. The molecule has 0 amide bonds. The molecule has 0 aromatic rings. The van der Waals surface area contributed by atoms with Crippen molar-refractivity contribution in [2.24, 2.45) is 5.92 Å². The maximum Gasteiger partial charge on any atom is 0.329 e. The summed E-state index contributed by atoms with van der Waals surface area (Å²) >= 11 is 0. The highest BCUT2D eigenvalue weighted by Gasteiger charge is 2.48. The largest absolute Gasteiger partial charge is 0.480 e. The Hall–Kier alpha value is -0.750. The van der Waals surface area contributed by atoms with E-state index in [1.807, 2.05) is 13.8 Å². The molecule has 0 saturated carbocycles. The lowest BCUT2D eigenvalue weighted by atomic mass is 10.1. The second kappa shape index (κ2) is 5.05. The van der Waals surface area contributed by atoms with Crippen LogP contribution in [0.1, 0.15) is 13.8 Å². The van der Waals surface area contributed by atoms with Crippen molar-refractivity contribution in [3.05, 3.63) is 0 Å². The first kappa shape index (κ1) is 13.3. The number of carboxylic acids is 1. The molecule has 1 atom stereocenters. The highest BCUT2D eigenvalue weighted by Crippen LogP contribution is 2.34. The van der Waals surface area contributed by atoms with Crippen molar-refractivity contribution in [2.45, 2.75) is 25.8 Å². The SMILES string of the molecule is CC(C)N1CC(COCC(=O)O)C(F)(F)C1. The molecule has 1 unspecified atom stereocenters. The first-order chi connectivity index (χ1) is 7.33. The Morgan fingerprint density at radius 3 is 2.69 bits per heavy atom. The van der Waals surface area contributed by atoms with Gasteiger partial charge in [0.05, 0.1) is 19.1 Å². The van der Waals surface area contributed by atoms with E-state index in [9.17, 15) is 13.6 Å². The number of alkyl halides is 2. The number of rotatable bonds is 5. The van der Waals surface area contributed by atoms with Gasteiger partial charge in [0.1, 0.15) is 6.61 Å². The zero-order chi connectivity index (χ0) is 12.3. The highest BCUT2D eigenvalue weighted by atomic mass is 19.3. The van der Waals surface area contributed by atoms with E-state index in [1.165, 1.54) is 0 Å². The minimum absolute atomic E-state index is 0.0651. The first-order valence-corrected chi connectivity index (χ1v) is 5.24. The zero-order valence-electron chi connectivity index (χ0n) is 9.45. The van der Waals surface area contributed by atoms with Crippen LogP contribution < -0.4 is 0 Å². The van der Waals surface area contributed by atoms with Gasteiger partial charge in [-0.3, -0.25) is 4.90 Å². The molecule has 4 nitrogen and oxygen atoms in total. The quantitative estimate of drug-likeness (QED) is 0.777. The van der Waals surface area contributed by atoms with Crippen LogP contribution in [0.4, 0.5) is 8.78 Å². The molecule has 6 heteroatoms. The summed E-state index contributed by atoms with van der Waals surface area (Å²) in [6.07, 6.45) is 0. The molecule has 1 saturated heterocycles. The molecule has 0 aliphatic carbocycles. The van der Waals surface area contributed by atoms with Gasteiger partial charge < -0.3 is 9.84 Å². The molecule has 1 aliphatic heterocycles. The fourth-order valence-corrected chi connectivity index (χ4v) is 1.74. The fraction of sp³-hybridized carbons (Fsp3) is 0.900. The van der Waals surface area contributed by atoms with Crippen LogP contribution in [0.5, 0.6) is 0 Å². The number of hydrogen-bond acceptors (Lipinski definition) is 3. The number of aliphatic carboxylic acids is 1. The maximum atomic E-state index is 13.5. The molecule has 94 valence electrons. The summed E-state index contributed by atoms with van der Waals surface area (Å²) in [6, 6.07) is 0.0651. The van der Waals surface area contributed by atoms with Crippen molar-refractivity contribution in [1.82, 2.24) is 4.90 Å². The first-order valence-electron chi connectivity index (χ1n) is 5.24. The molecule has 0 bridgehead atoms. The predicted molar refractivity (Wildman–Crippen MR) is 53.6 cm³/mol. The van der Waals surface area contributed by atoms with Crippen LogP contribution in [-0.4, -0.2) is 54.2 Å². The monoisotopic (exact) mass is 237 g/mol. The summed E-state index contributed by atoms with van der Waals surface area (Å²) in [6.45, 7) is 2.97. The van der Waals surface area contributed by atoms with E-state index >= 15 is 0 Å². The van der Waals surface area contributed by atoms with Crippen LogP contribution in [0, 0.1) is 5.92 Å². The molecule has 0 spiro atoms. The summed E-state index contributed by atoms with van der Waals surface area (Å²) in [7, 11) is 0. The lowest BCUT2D eigenvalue weighted by molar-refractivity contribution is -0.144. The predicted octanol–water partition coefficient (Wildman–Crippen LogP) is 1.06. The van der Waals surface area contributed by atoms with Gasteiger partial charge >= 0.3 is 5.97 Å². The van der Waals surface area contributed by atoms with E-state index in [4.69, 9.17) is 9.84 Å². The van der Waals surface area contributed by atoms with Crippen LogP contribution in [0.15, 0.2) is 0 Å². The Morgan fingerprint density at radius 2 is 2.25 bits per heavy atom. The maximum absolute atomic E-state index is 13.5. The molecule has 0 aromatic carbocycles. The van der Waals surface area contributed by atoms with Gasteiger partial charge in [-0.15, -0.1) is 0 Å². The Bertz CT molecular complexity index is 258. The van der Waals surface area contributed by atoms with Crippen molar-refractivity contribution < 1.29 is 23.4 Å². The molecular formula is C10H17F2NO3. The van der Waals surface area contributed by atoms with Crippen LogP contribution in [0.25, 0.3) is 0 Å². The molecular weight excluding hydrogens is 220 g/mol. The van der Waals surface area contributed by atoms with Crippen LogP contribution in [0.3, 0.4) is 0 Å². The van der Waals surface area contributed by atoms with Crippen LogP contribution in [-0.2, 0) is 9.53 Å². The number of likely N-dealkylation sites (tertiary alicyclic amines) is 1. The second-order valence-electron chi connectivity index (χ2n) is 4.39. The third-order valence-electron chi connectivity index (χ3n) is 2.74. The highest BCUT2D eigenvalue weighted by molar-refractivity contribution is 5.67. The van der Waals surface area contributed by atoms with E-state index in [0.29, 0.717) is 0 Å². The molecule has 0 radical (unpaired) electrons. The summed E-state index contributed by atoms with van der Waals surface area (Å²) in [5, 5.41) is 8.33. The molecule has 1 heterocycles. The van der Waals surface area contributed by atoms with E-state index in [-0.39, 0.29) is 25.7 Å². The summed E-state index contributed by atoms with van der Waals surface area (Å²) in [4.78, 5) is 11.9. The van der Waals surface area contributed by atoms with E-state index < -0.39 is 24.4 Å². The van der Waals surface area contributed by atoms with Gasteiger partial charge in [-0.2, -0.15) is 0 Å². The Morgan fingerprint density at radius 1 is 1.62 bits per heavy atom.